The number of amides is 2. The normalized spacial score (nSPS) is 24.8. The van der Waals surface area contributed by atoms with Crippen LogP contribution in [-0.2, 0) is 16.0 Å². The van der Waals surface area contributed by atoms with Crippen molar-refractivity contribution in [1.29, 1.82) is 0 Å². The summed E-state index contributed by atoms with van der Waals surface area (Å²) < 4.78 is 0. The maximum Gasteiger partial charge on any atom is 0.223 e. The highest BCUT2D eigenvalue weighted by Crippen LogP contribution is 2.32. The molecule has 0 aromatic heterocycles. The van der Waals surface area contributed by atoms with Crippen LogP contribution >= 0.6 is 0 Å². The zero-order chi connectivity index (χ0) is 18.6. The van der Waals surface area contributed by atoms with Crippen molar-refractivity contribution in [3.63, 3.8) is 0 Å². The Morgan fingerprint density at radius 2 is 1.88 bits per heavy atom. The number of aryl methyl sites for hydroxylation is 1. The Balaban J connectivity index is 1.63. The number of nitrogens with zero attached hydrogens (tertiary/aromatic N) is 3. The van der Waals surface area contributed by atoms with Crippen LogP contribution < -0.4 is 0 Å². The van der Waals surface area contributed by atoms with Crippen molar-refractivity contribution in [1.82, 2.24) is 14.7 Å². The van der Waals surface area contributed by atoms with E-state index >= 15 is 0 Å². The molecule has 142 valence electrons. The van der Waals surface area contributed by atoms with Gasteiger partial charge in [0.2, 0.25) is 11.8 Å². The fourth-order valence-electron chi connectivity index (χ4n) is 4.29. The summed E-state index contributed by atoms with van der Waals surface area (Å²) in [6, 6.07) is 10.2. The Kier molecular flexibility index (Phi) is 5.97. The minimum Gasteiger partial charge on any atom is -0.343 e. The van der Waals surface area contributed by atoms with Gasteiger partial charge in [-0.05, 0) is 38.8 Å². The lowest BCUT2D eigenvalue weighted by molar-refractivity contribution is -0.136. The summed E-state index contributed by atoms with van der Waals surface area (Å²) in [6.45, 7) is 6.04. The van der Waals surface area contributed by atoms with Crippen molar-refractivity contribution in [3.05, 3.63) is 35.9 Å². The number of benzene rings is 1. The molecule has 26 heavy (non-hydrogen) atoms. The summed E-state index contributed by atoms with van der Waals surface area (Å²) in [5.41, 5.74) is 1.16. The molecular formula is C21H31N3O2. The molecule has 2 fully saturated rings. The minimum atomic E-state index is -0.0553. The van der Waals surface area contributed by atoms with Crippen LogP contribution in [0.1, 0.15) is 38.2 Å². The molecule has 2 saturated heterocycles. The number of carbonyl (C=O) groups excluding carboxylic acids is 2. The highest BCUT2D eigenvalue weighted by atomic mass is 16.2. The zero-order valence-corrected chi connectivity index (χ0v) is 16.1. The Morgan fingerprint density at radius 1 is 1.12 bits per heavy atom. The lowest BCUT2D eigenvalue weighted by Gasteiger charge is -2.49. The molecule has 0 radical (unpaired) electrons. The van der Waals surface area contributed by atoms with Crippen molar-refractivity contribution < 1.29 is 9.59 Å². The number of carbonyl (C=O) groups is 2. The van der Waals surface area contributed by atoms with E-state index in [2.05, 4.69) is 24.1 Å². The van der Waals surface area contributed by atoms with E-state index in [1.165, 1.54) is 5.56 Å². The quantitative estimate of drug-likeness (QED) is 0.829. The van der Waals surface area contributed by atoms with Gasteiger partial charge in [0, 0.05) is 51.1 Å². The summed E-state index contributed by atoms with van der Waals surface area (Å²) >= 11 is 0. The maximum absolute atomic E-state index is 12.8. The predicted molar refractivity (Wildman–Crippen MR) is 103 cm³/mol. The molecular weight excluding hydrogens is 326 g/mol. The van der Waals surface area contributed by atoms with E-state index in [4.69, 9.17) is 0 Å². The molecule has 2 amide bonds. The number of hydrogen-bond acceptors (Lipinski definition) is 3. The van der Waals surface area contributed by atoms with Gasteiger partial charge in [-0.3, -0.25) is 14.5 Å². The van der Waals surface area contributed by atoms with Gasteiger partial charge in [0.05, 0.1) is 0 Å². The van der Waals surface area contributed by atoms with Crippen molar-refractivity contribution >= 4 is 11.8 Å². The third kappa shape index (κ3) is 4.09. The van der Waals surface area contributed by atoms with Crippen molar-refractivity contribution in [2.45, 2.75) is 44.6 Å². The van der Waals surface area contributed by atoms with Crippen LogP contribution in [0.3, 0.4) is 0 Å². The molecule has 3 rings (SSSR count). The van der Waals surface area contributed by atoms with Crippen LogP contribution in [0.4, 0.5) is 0 Å². The summed E-state index contributed by atoms with van der Waals surface area (Å²) in [4.78, 5) is 31.5. The van der Waals surface area contributed by atoms with Gasteiger partial charge in [0.25, 0.3) is 0 Å². The van der Waals surface area contributed by atoms with Crippen LogP contribution in [0.15, 0.2) is 30.3 Å². The topological polar surface area (TPSA) is 43.9 Å². The number of likely N-dealkylation sites (tertiary alicyclic amines) is 1. The molecule has 2 aliphatic rings. The highest BCUT2D eigenvalue weighted by Gasteiger charge is 2.43. The third-order valence-electron chi connectivity index (χ3n) is 6.21. The molecule has 1 aromatic rings. The van der Waals surface area contributed by atoms with Gasteiger partial charge in [0.1, 0.15) is 0 Å². The third-order valence-corrected chi connectivity index (χ3v) is 6.21. The fraction of sp³-hybridized carbons (Fsp3) is 0.619. The average molecular weight is 357 g/mol. The van der Waals surface area contributed by atoms with Gasteiger partial charge in [-0.25, -0.2) is 0 Å². The first-order valence-electron chi connectivity index (χ1n) is 9.85. The minimum absolute atomic E-state index is 0.0553. The van der Waals surface area contributed by atoms with Crippen molar-refractivity contribution in [3.8, 4) is 0 Å². The Morgan fingerprint density at radius 3 is 2.62 bits per heavy atom. The first kappa shape index (κ1) is 18.9. The lowest BCUT2D eigenvalue weighted by atomic mass is 9.86. The van der Waals surface area contributed by atoms with Crippen LogP contribution in [0.2, 0.25) is 0 Å². The summed E-state index contributed by atoms with van der Waals surface area (Å²) in [5, 5.41) is 0. The summed E-state index contributed by atoms with van der Waals surface area (Å²) in [7, 11) is 2.15. The first-order valence-corrected chi connectivity index (χ1v) is 9.85. The van der Waals surface area contributed by atoms with Gasteiger partial charge >= 0.3 is 0 Å². The van der Waals surface area contributed by atoms with Crippen LogP contribution in [-0.4, -0.2) is 71.8 Å². The molecule has 0 unspecified atom stereocenters. The molecule has 0 saturated carbocycles. The molecule has 5 nitrogen and oxygen atoms in total. The van der Waals surface area contributed by atoms with E-state index in [0.29, 0.717) is 12.8 Å². The average Bonchev–Trinajstić information content (AvgIpc) is 2.82. The Bertz CT molecular complexity index is 633. The zero-order valence-electron chi connectivity index (χ0n) is 16.1. The van der Waals surface area contributed by atoms with Crippen molar-refractivity contribution in [2.75, 3.05) is 39.8 Å². The smallest absolute Gasteiger partial charge is 0.223 e. The summed E-state index contributed by atoms with van der Waals surface area (Å²) in [5.74, 6) is 0.495. The fourth-order valence-corrected chi connectivity index (χ4v) is 4.29. The van der Waals surface area contributed by atoms with Gasteiger partial charge in [-0.2, -0.15) is 0 Å². The molecule has 0 bridgehead atoms. The van der Waals surface area contributed by atoms with E-state index in [0.717, 1.165) is 52.0 Å². The molecule has 1 atom stereocenters. The first-order chi connectivity index (χ1) is 12.5. The van der Waals surface area contributed by atoms with E-state index in [1.807, 2.05) is 34.9 Å². The van der Waals surface area contributed by atoms with Gasteiger partial charge in [0.15, 0.2) is 0 Å². The van der Waals surface area contributed by atoms with E-state index in [1.54, 1.807) is 0 Å². The second kappa shape index (κ2) is 8.21. The molecule has 2 aliphatic heterocycles. The maximum atomic E-state index is 12.8. The number of piperazine rings is 1. The monoisotopic (exact) mass is 357 g/mol. The van der Waals surface area contributed by atoms with Gasteiger partial charge in [-0.1, -0.05) is 30.3 Å². The van der Waals surface area contributed by atoms with E-state index < -0.39 is 0 Å². The highest BCUT2D eigenvalue weighted by molar-refractivity contribution is 5.77. The Labute approximate surface area is 156 Å². The van der Waals surface area contributed by atoms with Crippen LogP contribution in [0.5, 0.6) is 0 Å². The second-order valence-corrected chi connectivity index (χ2v) is 7.67. The molecule has 0 aliphatic carbocycles. The molecule has 0 N–H and O–H groups in total. The standard InChI is InChI=1S/C21H31N3O2/c1-3-23-14-13-21(12-11-20(23)26)17-24(16-15-22(21)2)19(25)10-9-18-7-5-4-6-8-18/h4-8H,3,9-17H2,1-2H3/t21-/m0/s1. The predicted octanol–water partition coefficient (Wildman–Crippen LogP) is 2.16. The van der Waals surface area contributed by atoms with Crippen molar-refractivity contribution in [2.24, 2.45) is 0 Å². The molecule has 1 spiro atoms. The number of rotatable bonds is 4. The molecule has 2 heterocycles. The van der Waals surface area contributed by atoms with Crippen LogP contribution in [0, 0.1) is 0 Å². The molecule has 1 aromatic carbocycles. The Hall–Kier alpha value is -1.88. The molecule has 5 heteroatoms. The van der Waals surface area contributed by atoms with Gasteiger partial charge in [-0.15, -0.1) is 0 Å². The summed E-state index contributed by atoms with van der Waals surface area (Å²) in [6.07, 6.45) is 3.74. The second-order valence-electron chi connectivity index (χ2n) is 7.67. The number of hydrogen-bond donors (Lipinski definition) is 0. The number of likely N-dealkylation sites (N-methyl/N-ethyl adjacent to an activating group) is 1. The van der Waals surface area contributed by atoms with E-state index in [-0.39, 0.29) is 17.4 Å². The van der Waals surface area contributed by atoms with E-state index in [9.17, 15) is 9.59 Å². The largest absolute Gasteiger partial charge is 0.343 e. The van der Waals surface area contributed by atoms with Gasteiger partial charge < -0.3 is 9.80 Å². The SMILES string of the molecule is CCN1CC[C@@]2(CCC1=O)CN(C(=O)CCc1ccccc1)CCN2C. The lowest BCUT2D eigenvalue weighted by Crippen LogP contribution is -2.62. The van der Waals surface area contributed by atoms with Crippen LogP contribution in [0.25, 0.3) is 0 Å².